The van der Waals surface area contributed by atoms with E-state index in [4.69, 9.17) is 0 Å². The zero-order chi connectivity index (χ0) is 11.1. The Morgan fingerprint density at radius 2 is 1.62 bits per heavy atom. The summed E-state index contributed by atoms with van der Waals surface area (Å²) >= 11 is 0. The summed E-state index contributed by atoms with van der Waals surface area (Å²) in [7, 11) is 4.50. The van der Waals surface area contributed by atoms with Crippen molar-refractivity contribution >= 4 is 0 Å². The van der Waals surface area contributed by atoms with Crippen molar-refractivity contribution in [1.29, 1.82) is 0 Å². The lowest BCUT2D eigenvalue weighted by Crippen LogP contribution is -1.80. The Bertz CT molecular complexity index is 122. The molecule has 0 aromatic rings. The number of rotatable bonds is 1. The van der Waals surface area contributed by atoms with Crippen LogP contribution in [-0.4, -0.2) is 27.7 Å². The van der Waals surface area contributed by atoms with E-state index in [-0.39, 0.29) is 6.61 Å². The van der Waals surface area contributed by atoms with Gasteiger partial charge >= 0.3 is 0 Å². The molecule has 0 aromatic carbocycles. The monoisotopic (exact) mass is 188 g/mol. The van der Waals surface area contributed by atoms with Gasteiger partial charge in [0.15, 0.2) is 0 Å². The third-order valence-electron chi connectivity index (χ3n) is 1.03. The van der Waals surface area contributed by atoms with Crippen LogP contribution < -0.4 is 17.2 Å². The largest absolute Gasteiger partial charge is 0.333 e. The number of hydrogen-bond acceptors (Lipinski definition) is 3. The van der Waals surface area contributed by atoms with Gasteiger partial charge in [-0.15, -0.1) is 0 Å². The smallest absolute Gasteiger partial charge is 0.104 e. The fraction of sp³-hybridized carbons (Fsp3) is 0.556. The van der Waals surface area contributed by atoms with Crippen molar-refractivity contribution in [2.75, 3.05) is 27.7 Å². The summed E-state index contributed by atoms with van der Waals surface area (Å²) < 4.78 is 0. The van der Waals surface area contributed by atoms with Crippen LogP contribution in [0.25, 0.3) is 0 Å². The molecule has 1 radical (unpaired) electrons. The molecule has 13 heavy (non-hydrogen) atoms. The second kappa shape index (κ2) is 22.5. The zero-order valence-electron chi connectivity index (χ0n) is 8.79. The van der Waals surface area contributed by atoms with Crippen LogP contribution in [0, 0.1) is 0 Å². The normalized spacial score (nSPS) is 10.8. The Balaban J connectivity index is -0.000000144. The first kappa shape index (κ1) is 18.2. The quantitative estimate of drug-likeness (QED) is 0.541. The second-order valence-corrected chi connectivity index (χ2v) is 1.60. The van der Waals surface area contributed by atoms with Crippen LogP contribution in [0.3, 0.4) is 0 Å². The highest BCUT2D eigenvalue weighted by Crippen LogP contribution is 2.07. The van der Waals surface area contributed by atoms with Crippen molar-refractivity contribution in [3.63, 3.8) is 0 Å². The third-order valence-corrected chi connectivity index (χ3v) is 1.03. The molecule has 0 unspecified atom stereocenters. The second-order valence-electron chi connectivity index (χ2n) is 1.60. The lowest BCUT2D eigenvalue weighted by molar-refractivity contribution is 0.222. The minimum Gasteiger partial charge on any atom is -0.333 e. The zero-order valence-corrected chi connectivity index (χ0v) is 8.79. The van der Waals surface area contributed by atoms with Gasteiger partial charge in [-0.05, 0) is 33.1 Å². The molecule has 0 aromatic heterocycles. The van der Waals surface area contributed by atoms with E-state index in [1.54, 1.807) is 0 Å². The van der Waals surface area contributed by atoms with Gasteiger partial charge in [-0.3, -0.25) is 0 Å². The molecule has 79 valence electrons. The molecule has 0 fully saturated rings. The summed E-state index contributed by atoms with van der Waals surface area (Å²) in [6.07, 6.45) is 6.68. The van der Waals surface area contributed by atoms with E-state index in [2.05, 4.69) is 17.2 Å². The molecule has 0 saturated carbocycles. The molecule has 0 bridgehead atoms. The minimum atomic E-state index is -0.0347. The molecule has 0 spiro atoms. The molecule has 0 aliphatic heterocycles. The first-order valence-corrected chi connectivity index (χ1v) is 4.09. The van der Waals surface area contributed by atoms with E-state index in [1.165, 1.54) is 21.1 Å². The molecular weight excluding hydrogens is 166 g/mol. The molecule has 0 saturated heterocycles. The van der Waals surface area contributed by atoms with Gasteiger partial charge < -0.3 is 17.2 Å². The van der Waals surface area contributed by atoms with Gasteiger partial charge in [-0.2, -0.15) is 0 Å². The topological polar surface area (TPSA) is 98.0 Å². The molecule has 0 amide bonds. The van der Waals surface area contributed by atoms with Gasteiger partial charge in [0.25, 0.3) is 0 Å². The van der Waals surface area contributed by atoms with E-state index in [1.807, 2.05) is 18.2 Å². The van der Waals surface area contributed by atoms with E-state index >= 15 is 0 Å². The summed E-state index contributed by atoms with van der Waals surface area (Å²) in [6, 6.07) is 0. The van der Waals surface area contributed by atoms with E-state index in [0.29, 0.717) is 0 Å². The number of allylic oxidation sites excluding steroid dienone is 3. The molecule has 0 heterocycles. The Morgan fingerprint density at radius 3 is 1.77 bits per heavy atom. The maximum atomic E-state index is 10.0. The van der Waals surface area contributed by atoms with Crippen LogP contribution in [0.15, 0.2) is 23.8 Å². The summed E-state index contributed by atoms with van der Waals surface area (Å²) in [4.78, 5) is 0. The van der Waals surface area contributed by atoms with Crippen molar-refractivity contribution < 1.29 is 5.11 Å². The fourth-order valence-corrected chi connectivity index (χ4v) is 0.599. The van der Waals surface area contributed by atoms with Crippen molar-refractivity contribution in [1.82, 2.24) is 0 Å². The number of nitrogens with two attached hydrogens (primary N) is 3. The SMILES string of the molecule is CN.CN.CN.[O]CC1=CC=CC1. The van der Waals surface area contributed by atoms with Crippen LogP contribution in [-0.2, 0) is 5.11 Å². The van der Waals surface area contributed by atoms with Crippen molar-refractivity contribution in [2.45, 2.75) is 6.42 Å². The Labute approximate surface area is 81.1 Å². The molecule has 1 aliphatic carbocycles. The summed E-state index contributed by atoms with van der Waals surface area (Å²) in [5, 5.41) is 10.0. The molecule has 6 N–H and O–H groups in total. The summed E-state index contributed by atoms with van der Waals surface area (Å²) in [6.45, 7) is -0.0347. The highest BCUT2D eigenvalue weighted by Gasteiger charge is 1.94. The van der Waals surface area contributed by atoms with Gasteiger partial charge in [-0.1, -0.05) is 18.2 Å². The highest BCUT2D eigenvalue weighted by molar-refractivity contribution is 5.22. The van der Waals surface area contributed by atoms with Crippen LogP contribution in [0.2, 0.25) is 0 Å². The molecule has 1 aliphatic rings. The standard InChI is InChI=1S/C6H7O.3CH5N/c7-5-6-3-1-2-4-6;3*1-2/h1-3H,4-5H2;3*2H2,1H3. The molecule has 1 rings (SSSR count). The van der Waals surface area contributed by atoms with Gasteiger partial charge in [0, 0.05) is 0 Å². The molecule has 4 nitrogen and oxygen atoms in total. The maximum absolute atomic E-state index is 10.0. The van der Waals surface area contributed by atoms with Crippen LogP contribution in [0.1, 0.15) is 6.42 Å². The lowest BCUT2D eigenvalue weighted by Gasteiger charge is -1.85. The fourth-order valence-electron chi connectivity index (χ4n) is 0.599. The van der Waals surface area contributed by atoms with Crippen molar-refractivity contribution in [3.8, 4) is 0 Å². The first-order chi connectivity index (χ1) is 6.43. The average Bonchev–Trinajstić information content (AvgIpc) is 2.79. The van der Waals surface area contributed by atoms with Crippen molar-refractivity contribution in [3.05, 3.63) is 23.8 Å². The summed E-state index contributed by atoms with van der Waals surface area (Å²) in [5.41, 5.74) is 14.5. The van der Waals surface area contributed by atoms with Crippen LogP contribution in [0.4, 0.5) is 0 Å². The Kier molecular flexibility index (Phi) is 31.5. The van der Waals surface area contributed by atoms with Gasteiger partial charge in [-0.25, -0.2) is 5.11 Å². The number of hydrogen-bond donors (Lipinski definition) is 3. The lowest BCUT2D eigenvalue weighted by atomic mass is 10.3. The van der Waals surface area contributed by atoms with Gasteiger partial charge in [0.05, 0.1) is 0 Å². The van der Waals surface area contributed by atoms with E-state index in [9.17, 15) is 5.11 Å². The molecule has 4 heteroatoms. The predicted octanol–water partition coefficient (Wildman–Crippen LogP) is 0.0279. The van der Waals surface area contributed by atoms with E-state index < -0.39 is 0 Å². The third kappa shape index (κ3) is 14.2. The van der Waals surface area contributed by atoms with Crippen LogP contribution in [0.5, 0.6) is 0 Å². The molecular formula is C9H22N3O. The summed E-state index contributed by atoms with van der Waals surface area (Å²) in [5.74, 6) is 0. The predicted molar refractivity (Wildman–Crippen MR) is 57.7 cm³/mol. The first-order valence-electron chi connectivity index (χ1n) is 4.09. The van der Waals surface area contributed by atoms with Gasteiger partial charge in [0.2, 0.25) is 0 Å². The maximum Gasteiger partial charge on any atom is 0.104 e. The van der Waals surface area contributed by atoms with Crippen molar-refractivity contribution in [2.24, 2.45) is 17.2 Å². The average molecular weight is 188 g/mol. The molecule has 0 atom stereocenters. The van der Waals surface area contributed by atoms with Crippen LogP contribution >= 0.6 is 0 Å². The Morgan fingerprint density at radius 1 is 1.15 bits per heavy atom. The van der Waals surface area contributed by atoms with Gasteiger partial charge in [0.1, 0.15) is 6.61 Å². The Hall–Kier alpha value is -0.680. The van der Waals surface area contributed by atoms with E-state index in [0.717, 1.165) is 12.0 Å². The highest BCUT2D eigenvalue weighted by atomic mass is 16.3. The minimum absolute atomic E-state index is 0.0347.